The first-order valence-electron chi connectivity index (χ1n) is 9.58. The SMILES string of the molecule is NC(=O)CCCCCCCN1Cc2ccc(cc2)OC/C=C\CCC1=O. The van der Waals surface area contributed by atoms with Crippen LogP contribution in [-0.2, 0) is 16.1 Å². The molecule has 0 saturated heterocycles. The molecule has 0 aromatic heterocycles. The van der Waals surface area contributed by atoms with Gasteiger partial charge >= 0.3 is 0 Å². The summed E-state index contributed by atoms with van der Waals surface area (Å²) in [6.07, 6.45) is 10.7. The van der Waals surface area contributed by atoms with Crippen LogP contribution in [0.5, 0.6) is 5.75 Å². The number of primary amides is 1. The van der Waals surface area contributed by atoms with Gasteiger partial charge in [-0.2, -0.15) is 0 Å². The van der Waals surface area contributed by atoms with Crippen molar-refractivity contribution in [1.82, 2.24) is 4.90 Å². The first-order valence-corrected chi connectivity index (χ1v) is 9.58. The lowest BCUT2D eigenvalue weighted by Crippen LogP contribution is -2.31. The minimum atomic E-state index is -0.226. The van der Waals surface area contributed by atoms with Gasteiger partial charge in [0.25, 0.3) is 0 Å². The number of nitrogens with two attached hydrogens (primary N) is 1. The number of unbranched alkanes of at least 4 members (excludes halogenated alkanes) is 4. The lowest BCUT2D eigenvalue weighted by Gasteiger charge is -2.23. The van der Waals surface area contributed by atoms with Gasteiger partial charge < -0.3 is 15.4 Å². The Labute approximate surface area is 156 Å². The van der Waals surface area contributed by atoms with Crippen LogP contribution in [-0.4, -0.2) is 29.9 Å². The number of fused-ring (bicyclic) bond motifs is 9. The quantitative estimate of drug-likeness (QED) is 0.570. The van der Waals surface area contributed by atoms with E-state index in [2.05, 4.69) is 0 Å². The third kappa shape index (κ3) is 7.72. The predicted octanol–water partition coefficient (Wildman–Crippen LogP) is 3.57. The summed E-state index contributed by atoms with van der Waals surface area (Å²) < 4.78 is 5.64. The van der Waals surface area contributed by atoms with Crippen LogP contribution >= 0.6 is 0 Å². The highest BCUT2D eigenvalue weighted by atomic mass is 16.5. The summed E-state index contributed by atoms with van der Waals surface area (Å²) in [4.78, 5) is 25.3. The number of ether oxygens (including phenoxy) is 1. The van der Waals surface area contributed by atoms with Gasteiger partial charge in [-0.15, -0.1) is 0 Å². The van der Waals surface area contributed by atoms with Crippen LogP contribution in [0.15, 0.2) is 36.4 Å². The zero-order valence-corrected chi connectivity index (χ0v) is 15.5. The zero-order valence-electron chi connectivity index (χ0n) is 15.5. The highest BCUT2D eigenvalue weighted by Gasteiger charge is 2.13. The molecule has 0 fully saturated rings. The fraction of sp³-hybridized carbons (Fsp3) is 0.524. The Balaban J connectivity index is 1.83. The maximum absolute atomic E-state index is 12.6. The van der Waals surface area contributed by atoms with Gasteiger partial charge in [0.15, 0.2) is 0 Å². The molecule has 0 saturated carbocycles. The summed E-state index contributed by atoms with van der Waals surface area (Å²) in [5, 5.41) is 0. The van der Waals surface area contributed by atoms with E-state index in [0.29, 0.717) is 26.0 Å². The lowest BCUT2D eigenvalue weighted by molar-refractivity contribution is -0.131. The number of carbonyl (C=O) groups is 2. The summed E-state index contributed by atoms with van der Waals surface area (Å²) in [6.45, 7) is 1.95. The smallest absolute Gasteiger partial charge is 0.223 e. The van der Waals surface area contributed by atoms with Crippen molar-refractivity contribution in [1.29, 1.82) is 0 Å². The molecular formula is C21H30N2O3. The molecule has 3 rings (SSSR count). The van der Waals surface area contributed by atoms with E-state index in [9.17, 15) is 9.59 Å². The van der Waals surface area contributed by atoms with E-state index in [1.165, 1.54) is 0 Å². The number of benzene rings is 1. The molecule has 142 valence electrons. The van der Waals surface area contributed by atoms with Crippen molar-refractivity contribution in [2.24, 2.45) is 5.73 Å². The largest absolute Gasteiger partial charge is 0.490 e. The topological polar surface area (TPSA) is 72.6 Å². The van der Waals surface area contributed by atoms with E-state index in [4.69, 9.17) is 10.5 Å². The molecule has 5 heteroatoms. The number of hydrogen-bond donors (Lipinski definition) is 1. The number of amides is 2. The van der Waals surface area contributed by atoms with Crippen LogP contribution in [0.1, 0.15) is 56.9 Å². The predicted molar refractivity (Wildman–Crippen MR) is 103 cm³/mol. The summed E-state index contributed by atoms with van der Waals surface area (Å²) in [6, 6.07) is 7.98. The standard InChI is InChI=1S/C21H30N2O3/c22-20(24)9-5-2-1-3-7-15-23-17-18-11-13-19(14-12-18)26-16-8-4-6-10-21(23)25/h4,8,11-14H,1-3,5-7,9-10,15-17H2,(H2,22,24)/b8-4-. The molecule has 0 unspecified atom stereocenters. The number of nitrogens with zero attached hydrogens (tertiary/aromatic N) is 1. The molecular weight excluding hydrogens is 328 g/mol. The highest BCUT2D eigenvalue weighted by molar-refractivity contribution is 5.76. The minimum absolute atomic E-state index is 0.202. The zero-order chi connectivity index (χ0) is 18.6. The van der Waals surface area contributed by atoms with Crippen molar-refractivity contribution >= 4 is 11.8 Å². The first kappa shape index (κ1) is 20.0. The van der Waals surface area contributed by atoms with E-state index >= 15 is 0 Å². The highest BCUT2D eigenvalue weighted by Crippen LogP contribution is 2.16. The summed E-state index contributed by atoms with van der Waals surface area (Å²) in [7, 11) is 0. The molecule has 2 heterocycles. The molecule has 2 bridgehead atoms. The first-order chi connectivity index (χ1) is 12.6. The fourth-order valence-electron chi connectivity index (χ4n) is 3.03. The summed E-state index contributed by atoms with van der Waals surface area (Å²) in [5.41, 5.74) is 6.27. The van der Waals surface area contributed by atoms with Crippen LogP contribution in [0.25, 0.3) is 0 Å². The Bertz CT molecular complexity index is 596. The van der Waals surface area contributed by atoms with Gasteiger partial charge in [-0.25, -0.2) is 0 Å². The second kappa shape index (κ2) is 11.3. The van der Waals surface area contributed by atoms with Crippen molar-refractivity contribution in [3.8, 4) is 5.75 Å². The second-order valence-corrected chi connectivity index (χ2v) is 6.76. The Kier molecular flexibility index (Phi) is 8.73. The number of hydrogen-bond acceptors (Lipinski definition) is 3. The average molecular weight is 358 g/mol. The average Bonchev–Trinajstić information content (AvgIpc) is 2.65. The van der Waals surface area contributed by atoms with Gasteiger partial charge in [-0.1, -0.05) is 43.5 Å². The third-order valence-electron chi connectivity index (χ3n) is 4.54. The van der Waals surface area contributed by atoms with Gasteiger partial charge in [-0.3, -0.25) is 9.59 Å². The molecule has 5 nitrogen and oxygen atoms in total. The Morgan fingerprint density at radius 3 is 2.54 bits per heavy atom. The number of allylic oxidation sites excluding steroid dienone is 1. The summed E-state index contributed by atoms with van der Waals surface area (Å²) in [5.74, 6) is 0.829. The molecule has 26 heavy (non-hydrogen) atoms. The van der Waals surface area contributed by atoms with Crippen LogP contribution in [0.2, 0.25) is 0 Å². The van der Waals surface area contributed by atoms with E-state index in [1.807, 2.05) is 41.3 Å². The number of carbonyl (C=O) groups excluding carboxylic acids is 2. The van der Waals surface area contributed by atoms with E-state index in [-0.39, 0.29) is 11.8 Å². The molecule has 0 radical (unpaired) electrons. The lowest BCUT2D eigenvalue weighted by atomic mass is 10.1. The normalized spacial score (nSPS) is 16.3. The Morgan fingerprint density at radius 1 is 1.04 bits per heavy atom. The third-order valence-corrected chi connectivity index (χ3v) is 4.54. The van der Waals surface area contributed by atoms with Crippen molar-refractivity contribution in [2.45, 2.75) is 57.9 Å². The van der Waals surface area contributed by atoms with Gasteiger partial charge in [0.05, 0.1) is 0 Å². The van der Waals surface area contributed by atoms with Crippen LogP contribution in [0, 0.1) is 0 Å². The van der Waals surface area contributed by atoms with Gasteiger partial charge in [0.2, 0.25) is 11.8 Å². The molecule has 0 atom stereocenters. The van der Waals surface area contributed by atoms with E-state index in [1.54, 1.807) is 0 Å². The van der Waals surface area contributed by atoms with Crippen molar-refractivity contribution in [3.63, 3.8) is 0 Å². The van der Waals surface area contributed by atoms with Gasteiger partial charge in [0, 0.05) is 25.9 Å². The molecule has 1 aromatic carbocycles. The van der Waals surface area contributed by atoms with Gasteiger partial charge in [0.1, 0.15) is 12.4 Å². The van der Waals surface area contributed by atoms with Crippen molar-refractivity contribution in [3.05, 3.63) is 42.0 Å². The number of rotatable bonds is 8. The maximum atomic E-state index is 12.6. The Hall–Kier alpha value is -2.30. The fourth-order valence-corrected chi connectivity index (χ4v) is 3.03. The Morgan fingerprint density at radius 2 is 1.77 bits per heavy atom. The molecule has 1 aromatic rings. The van der Waals surface area contributed by atoms with E-state index < -0.39 is 0 Å². The minimum Gasteiger partial charge on any atom is -0.490 e. The monoisotopic (exact) mass is 358 g/mol. The maximum Gasteiger partial charge on any atom is 0.223 e. The van der Waals surface area contributed by atoms with Crippen LogP contribution in [0.4, 0.5) is 0 Å². The van der Waals surface area contributed by atoms with Gasteiger partial charge in [-0.05, 0) is 37.0 Å². The van der Waals surface area contributed by atoms with Crippen LogP contribution < -0.4 is 10.5 Å². The van der Waals surface area contributed by atoms with Crippen molar-refractivity contribution < 1.29 is 14.3 Å². The molecule has 2 amide bonds. The molecule has 0 spiro atoms. The summed E-state index contributed by atoms with van der Waals surface area (Å²) >= 11 is 0. The molecule has 0 aliphatic carbocycles. The van der Waals surface area contributed by atoms with E-state index in [0.717, 1.165) is 56.4 Å². The molecule has 2 aliphatic rings. The second-order valence-electron chi connectivity index (χ2n) is 6.76. The molecule has 2 aliphatic heterocycles. The van der Waals surface area contributed by atoms with Crippen LogP contribution in [0.3, 0.4) is 0 Å². The molecule has 2 N–H and O–H groups in total. The van der Waals surface area contributed by atoms with Crippen molar-refractivity contribution in [2.75, 3.05) is 13.2 Å².